The number of hydrogen-bond donors (Lipinski definition) is 1. The highest BCUT2D eigenvalue weighted by molar-refractivity contribution is 5.75. The summed E-state index contributed by atoms with van der Waals surface area (Å²) in [6, 6.07) is 7.75. The Hall–Kier alpha value is -2.10. The van der Waals surface area contributed by atoms with Gasteiger partial charge in [0.2, 0.25) is 0 Å². The van der Waals surface area contributed by atoms with Crippen LogP contribution in [-0.2, 0) is 11.3 Å². The van der Waals surface area contributed by atoms with Gasteiger partial charge < -0.3 is 9.67 Å². The fourth-order valence-electron chi connectivity index (χ4n) is 2.21. The number of carbonyl (C=O) groups is 1. The lowest BCUT2D eigenvalue weighted by Gasteiger charge is -2.11. The second-order valence-corrected chi connectivity index (χ2v) is 5.37. The van der Waals surface area contributed by atoms with Gasteiger partial charge >= 0.3 is 5.97 Å². The van der Waals surface area contributed by atoms with Crippen molar-refractivity contribution in [2.45, 2.75) is 39.2 Å². The predicted molar refractivity (Wildman–Crippen MR) is 77.9 cm³/mol. The molecule has 0 aliphatic heterocycles. The fraction of sp³-hybridized carbons (Fsp3) is 0.375. The summed E-state index contributed by atoms with van der Waals surface area (Å²) in [4.78, 5) is 15.3. The van der Waals surface area contributed by atoms with Crippen molar-refractivity contribution in [2.75, 3.05) is 0 Å². The Balaban J connectivity index is 2.15. The van der Waals surface area contributed by atoms with Gasteiger partial charge in [-0.15, -0.1) is 0 Å². The molecule has 0 aliphatic rings. The Bertz CT molecular complexity index is 585. The first kappa shape index (κ1) is 14.3. The van der Waals surface area contributed by atoms with Gasteiger partial charge in [-0.3, -0.25) is 4.79 Å². The number of aromatic nitrogens is 2. The summed E-state index contributed by atoms with van der Waals surface area (Å²) in [6.07, 6.45) is 3.79. The number of carboxylic acids is 1. The zero-order valence-electron chi connectivity index (χ0n) is 12.1. The summed E-state index contributed by atoms with van der Waals surface area (Å²) in [5.41, 5.74) is 1.97. The summed E-state index contributed by atoms with van der Waals surface area (Å²) in [6.45, 7) is 6.70. The van der Waals surface area contributed by atoms with Gasteiger partial charge in [-0.1, -0.05) is 38.1 Å². The second kappa shape index (κ2) is 5.90. The number of imidazole rings is 1. The SMILES string of the molecule is CC(C)c1nccn1Cc1ccc(C(C)C(=O)O)cc1. The molecule has 2 rings (SSSR count). The third-order valence-corrected chi connectivity index (χ3v) is 3.47. The molecule has 0 bridgehead atoms. The number of benzene rings is 1. The standard InChI is InChI=1S/C16H20N2O2/c1-11(2)15-17-8-9-18(15)10-13-4-6-14(7-5-13)12(3)16(19)20/h4-9,11-12H,10H2,1-3H3,(H,19,20). The van der Waals surface area contributed by atoms with Crippen LogP contribution in [-0.4, -0.2) is 20.6 Å². The minimum atomic E-state index is -0.797. The Morgan fingerprint density at radius 3 is 2.45 bits per heavy atom. The van der Waals surface area contributed by atoms with E-state index in [1.54, 1.807) is 6.92 Å². The monoisotopic (exact) mass is 272 g/mol. The molecule has 0 fully saturated rings. The summed E-state index contributed by atoms with van der Waals surface area (Å²) in [5, 5.41) is 9.00. The molecule has 1 atom stereocenters. The molecule has 1 N–H and O–H groups in total. The van der Waals surface area contributed by atoms with E-state index >= 15 is 0 Å². The molecule has 1 aromatic carbocycles. The maximum absolute atomic E-state index is 10.9. The summed E-state index contributed by atoms with van der Waals surface area (Å²) >= 11 is 0. The molecule has 2 aromatic rings. The van der Waals surface area contributed by atoms with E-state index < -0.39 is 11.9 Å². The molecular formula is C16H20N2O2. The summed E-state index contributed by atoms with van der Waals surface area (Å²) in [5.74, 6) is 0.183. The molecule has 0 amide bonds. The topological polar surface area (TPSA) is 55.1 Å². The zero-order chi connectivity index (χ0) is 14.7. The molecular weight excluding hydrogens is 252 g/mol. The van der Waals surface area contributed by atoms with Crippen molar-refractivity contribution in [2.24, 2.45) is 0 Å². The van der Waals surface area contributed by atoms with Crippen LogP contribution in [0.4, 0.5) is 0 Å². The molecule has 0 aliphatic carbocycles. The molecule has 106 valence electrons. The molecule has 0 spiro atoms. The molecule has 4 heteroatoms. The fourth-order valence-corrected chi connectivity index (χ4v) is 2.21. The lowest BCUT2D eigenvalue weighted by atomic mass is 10.00. The largest absolute Gasteiger partial charge is 0.481 e. The van der Waals surface area contributed by atoms with E-state index in [4.69, 9.17) is 5.11 Å². The average molecular weight is 272 g/mol. The Morgan fingerprint density at radius 1 is 1.25 bits per heavy atom. The van der Waals surface area contributed by atoms with Crippen LogP contribution < -0.4 is 0 Å². The zero-order valence-corrected chi connectivity index (χ0v) is 12.1. The van der Waals surface area contributed by atoms with E-state index in [0.29, 0.717) is 5.92 Å². The molecule has 1 heterocycles. The highest BCUT2D eigenvalue weighted by Gasteiger charge is 2.13. The van der Waals surface area contributed by atoms with Gasteiger partial charge in [0.15, 0.2) is 0 Å². The van der Waals surface area contributed by atoms with Crippen molar-refractivity contribution in [3.8, 4) is 0 Å². The average Bonchev–Trinajstić information content (AvgIpc) is 2.87. The molecule has 0 radical (unpaired) electrons. The quantitative estimate of drug-likeness (QED) is 0.909. The lowest BCUT2D eigenvalue weighted by Crippen LogP contribution is -2.08. The van der Waals surface area contributed by atoms with Gasteiger partial charge in [-0.2, -0.15) is 0 Å². The van der Waals surface area contributed by atoms with Crippen LogP contribution in [0.25, 0.3) is 0 Å². The molecule has 0 saturated carbocycles. The van der Waals surface area contributed by atoms with Crippen LogP contribution >= 0.6 is 0 Å². The number of aliphatic carboxylic acids is 1. The van der Waals surface area contributed by atoms with Crippen LogP contribution in [0.1, 0.15) is 49.6 Å². The maximum atomic E-state index is 10.9. The van der Waals surface area contributed by atoms with Crippen LogP contribution in [0.15, 0.2) is 36.7 Å². The molecule has 1 aromatic heterocycles. The van der Waals surface area contributed by atoms with Crippen LogP contribution in [0.5, 0.6) is 0 Å². The lowest BCUT2D eigenvalue weighted by molar-refractivity contribution is -0.138. The normalized spacial score (nSPS) is 12.6. The van der Waals surface area contributed by atoms with E-state index in [-0.39, 0.29) is 0 Å². The van der Waals surface area contributed by atoms with E-state index in [2.05, 4.69) is 23.4 Å². The van der Waals surface area contributed by atoms with Crippen LogP contribution in [0.2, 0.25) is 0 Å². The van der Waals surface area contributed by atoms with E-state index in [1.165, 1.54) is 0 Å². The van der Waals surface area contributed by atoms with E-state index in [0.717, 1.165) is 23.5 Å². The number of carboxylic acid groups (broad SMARTS) is 1. The number of hydrogen-bond acceptors (Lipinski definition) is 2. The third kappa shape index (κ3) is 3.07. The Morgan fingerprint density at radius 2 is 1.90 bits per heavy atom. The van der Waals surface area contributed by atoms with Gasteiger partial charge in [0.05, 0.1) is 5.92 Å². The van der Waals surface area contributed by atoms with Crippen molar-refractivity contribution in [1.29, 1.82) is 0 Å². The van der Waals surface area contributed by atoms with E-state index in [9.17, 15) is 4.79 Å². The van der Waals surface area contributed by atoms with Gasteiger partial charge in [0.25, 0.3) is 0 Å². The second-order valence-electron chi connectivity index (χ2n) is 5.37. The Labute approximate surface area is 119 Å². The summed E-state index contributed by atoms with van der Waals surface area (Å²) in [7, 11) is 0. The highest BCUT2D eigenvalue weighted by Crippen LogP contribution is 2.18. The van der Waals surface area contributed by atoms with Crippen LogP contribution in [0, 0.1) is 0 Å². The molecule has 4 nitrogen and oxygen atoms in total. The minimum absolute atomic E-state index is 0.385. The van der Waals surface area contributed by atoms with Crippen molar-refractivity contribution < 1.29 is 9.90 Å². The molecule has 1 unspecified atom stereocenters. The first-order chi connectivity index (χ1) is 9.49. The molecule has 20 heavy (non-hydrogen) atoms. The first-order valence-electron chi connectivity index (χ1n) is 6.81. The van der Waals surface area contributed by atoms with Crippen molar-refractivity contribution >= 4 is 5.97 Å². The minimum Gasteiger partial charge on any atom is -0.481 e. The van der Waals surface area contributed by atoms with E-state index in [1.807, 2.05) is 36.7 Å². The number of nitrogens with zero attached hydrogens (tertiary/aromatic N) is 2. The van der Waals surface area contributed by atoms with Gasteiger partial charge in [-0.05, 0) is 18.1 Å². The van der Waals surface area contributed by atoms with Gasteiger partial charge in [0.1, 0.15) is 5.82 Å². The highest BCUT2D eigenvalue weighted by atomic mass is 16.4. The van der Waals surface area contributed by atoms with Gasteiger partial charge in [-0.25, -0.2) is 4.98 Å². The first-order valence-corrected chi connectivity index (χ1v) is 6.81. The van der Waals surface area contributed by atoms with Crippen molar-refractivity contribution in [1.82, 2.24) is 9.55 Å². The maximum Gasteiger partial charge on any atom is 0.310 e. The van der Waals surface area contributed by atoms with Crippen LogP contribution in [0.3, 0.4) is 0 Å². The van der Waals surface area contributed by atoms with Crippen molar-refractivity contribution in [3.63, 3.8) is 0 Å². The van der Waals surface area contributed by atoms with Gasteiger partial charge in [0, 0.05) is 24.9 Å². The van der Waals surface area contributed by atoms with Crippen molar-refractivity contribution in [3.05, 3.63) is 53.6 Å². The Kier molecular flexibility index (Phi) is 4.23. The smallest absolute Gasteiger partial charge is 0.310 e. The molecule has 0 saturated heterocycles. The number of rotatable bonds is 5. The summed E-state index contributed by atoms with van der Waals surface area (Å²) < 4.78 is 2.13. The third-order valence-electron chi connectivity index (χ3n) is 3.47. The predicted octanol–water partition coefficient (Wildman–Crippen LogP) is 3.24.